The van der Waals surface area contributed by atoms with Gasteiger partial charge in [0.2, 0.25) is 0 Å². The van der Waals surface area contributed by atoms with E-state index in [0.29, 0.717) is 27.2 Å². The van der Waals surface area contributed by atoms with Crippen LogP contribution in [0.15, 0.2) is 42.5 Å². The molecule has 0 atom stereocenters. The smallest absolute Gasteiger partial charge is 0.361 e. The van der Waals surface area contributed by atoms with Gasteiger partial charge in [0.25, 0.3) is 0 Å². The normalized spacial score (nSPS) is 10.6. The Bertz CT molecular complexity index is 957. The fourth-order valence-corrected chi connectivity index (χ4v) is 2.82. The Morgan fingerprint density at radius 1 is 1.15 bits per heavy atom. The molecule has 6 nitrogen and oxygen atoms in total. The van der Waals surface area contributed by atoms with Crippen molar-refractivity contribution in [2.24, 2.45) is 0 Å². The van der Waals surface area contributed by atoms with Gasteiger partial charge < -0.3 is 9.47 Å². The lowest BCUT2D eigenvalue weighted by Crippen LogP contribution is -2.08. The first-order chi connectivity index (χ1) is 12.5. The molecule has 1 aromatic heterocycles. The number of ether oxygens (including phenoxy) is 2. The number of halogens is 2. The fourth-order valence-electron chi connectivity index (χ4n) is 2.38. The summed E-state index contributed by atoms with van der Waals surface area (Å²) in [5, 5.41) is 8.92. The molecule has 0 amide bonds. The van der Waals surface area contributed by atoms with Gasteiger partial charge in [0, 0.05) is 10.6 Å². The van der Waals surface area contributed by atoms with Crippen LogP contribution in [0.2, 0.25) is 10.0 Å². The van der Waals surface area contributed by atoms with E-state index in [1.54, 1.807) is 37.3 Å². The SMILES string of the molecule is COc1ccc(-n2nnc(C(=O)OCc3ccccc3Cl)c2C)cc1Cl. The van der Waals surface area contributed by atoms with Gasteiger partial charge in [-0.05, 0) is 31.2 Å². The summed E-state index contributed by atoms with van der Waals surface area (Å²) in [7, 11) is 1.54. The Hall–Kier alpha value is -2.57. The largest absolute Gasteiger partial charge is 0.495 e. The van der Waals surface area contributed by atoms with Crippen molar-refractivity contribution < 1.29 is 14.3 Å². The lowest BCUT2D eigenvalue weighted by Gasteiger charge is -2.08. The van der Waals surface area contributed by atoms with Crippen molar-refractivity contribution in [3.63, 3.8) is 0 Å². The highest BCUT2D eigenvalue weighted by atomic mass is 35.5. The Labute approximate surface area is 160 Å². The summed E-state index contributed by atoms with van der Waals surface area (Å²) in [6.45, 7) is 1.78. The molecule has 3 rings (SSSR count). The van der Waals surface area contributed by atoms with Crippen LogP contribution in [0.4, 0.5) is 0 Å². The molecule has 1 heterocycles. The maximum atomic E-state index is 12.3. The molecule has 2 aromatic carbocycles. The minimum atomic E-state index is -0.576. The highest BCUT2D eigenvalue weighted by Gasteiger charge is 2.19. The Morgan fingerprint density at radius 2 is 1.92 bits per heavy atom. The number of hydrogen-bond donors (Lipinski definition) is 0. The predicted molar refractivity (Wildman–Crippen MR) is 98.2 cm³/mol. The van der Waals surface area contributed by atoms with Crippen LogP contribution in [0, 0.1) is 6.92 Å². The molecule has 0 saturated carbocycles. The summed E-state index contributed by atoms with van der Waals surface area (Å²) in [6.07, 6.45) is 0. The number of rotatable bonds is 5. The standard InChI is InChI=1S/C18H15Cl2N3O3/c1-11-17(18(24)26-10-12-5-3-4-6-14(12)19)21-22-23(11)13-7-8-16(25-2)15(20)9-13/h3-9H,10H2,1-2H3. The van der Waals surface area contributed by atoms with Crippen LogP contribution in [0.25, 0.3) is 5.69 Å². The third kappa shape index (κ3) is 3.66. The van der Waals surface area contributed by atoms with Gasteiger partial charge >= 0.3 is 5.97 Å². The number of methoxy groups -OCH3 is 1. The van der Waals surface area contributed by atoms with Crippen molar-refractivity contribution in [1.29, 1.82) is 0 Å². The monoisotopic (exact) mass is 391 g/mol. The predicted octanol–water partition coefficient (Wildman–Crippen LogP) is 4.25. The van der Waals surface area contributed by atoms with E-state index < -0.39 is 5.97 Å². The molecule has 0 aliphatic rings. The second-order valence-electron chi connectivity index (χ2n) is 5.42. The summed E-state index contributed by atoms with van der Waals surface area (Å²) in [6, 6.07) is 12.3. The van der Waals surface area contributed by atoms with Gasteiger partial charge in [0.15, 0.2) is 5.69 Å². The van der Waals surface area contributed by atoms with E-state index in [4.69, 9.17) is 32.7 Å². The van der Waals surface area contributed by atoms with Crippen LogP contribution >= 0.6 is 23.2 Å². The molecule has 0 bridgehead atoms. The molecule has 0 saturated heterocycles. The van der Waals surface area contributed by atoms with Crippen molar-refractivity contribution in [3.8, 4) is 11.4 Å². The average Bonchev–Trinajstić information content (AvgIpc) is 3.02. The maximum Gasteiger partial charge on any atom is 0.361 e. The van der Waals surface area contributed by atoms with Gasteiger partial charge in [-0.3, -0.25) is 0 Å². The molecule has 0 N–H and O–H groups in total. The number of hydrogen-bond acceptors (Lipinski definition) is 5. The van der Waals surface area contributed by atoms with E-state index in [1.165, 1.54) is 11.8 Å². The molecule has 0 spiro atoms. The molecule has 0 aliphatic carbocycles. The number of carbonyl (C=O) groups excluding carboxylic acids is 1. The lowest BCUT2D eigenvalue weighted by atomic mass is 10.2. The number of nitrogens with zero attached hydrogens (tertiary/aromatic N) is 3. The van der Waals surface area contributed by atoms with Crippen LogP contribution in [0.3, 0.4) is 0 Å². The molecule has 0 unspecified atom stereocenters. The van der Waals surface area contributed by atoms with Crippen molar-refractivity contribution >= 4 is 29.2 Å². The van der Waals surface area contributed by atoms with Gasteiger partial charge in [0.1, 0.15) is 12.4 Å². The minimum absolute atomic E-state index is 0.0547. The summed E-state index contributed by atoms with van der Waals surface area (Å²) in [5.74, 6) is -0.0270. The van der Waals surface area contributed by atoms with E-state index in [-0.39, 0.29) is 12.3 Å². The molecule has 26 heavy (non-hydrogen) atoms. The van der Waals surface area contributed by atoms with Gasteiger partial charge in [-0.2, -0.15) is 0 Å². The lowest BCUT2D eigenvalue weighted by molar-refractivity contribution is 0.0465. The second kappa shape index (κ2) is 7.76. The second-order valence-corrected chi connectivity index (χ2v) is 6.24. The maximum absolute atomic E-state index is 12.3. The third-order valence-electron chi connectivity index (χ3n) is 3.78. The summed E-state index contributed by atoms with van der Waals surface area (Å²) in [5.41, 5.74) is 2.04. The topological polar surface area (TPSA) is 66.2 Å². The summed E-state index contributed by atoms with van der Waals surface area (Å²) < 4.78 is 11.9. The van der Waals surface area contributed by atoms with Crippen LogP contribution < -0.4 is 4.74 Å². The Morgan fingerprint density at radius 3 is 2.62 bits per heavy atom. The van der Waals surface area contributed by atoms with Gasteiger partial charge in [-0.25, -0.2) is 9.48 Å². The zero-order valence-corrected chi connectivity index (χ0v) is 15.6. The first-order valence-electron chi connectivity index (χ1n) is 7.68. The molecule has 134 valence electrons. The van der Waals surface area contributed by atoms with Crippen molar-refractivity contribution in [2.75, 3.05) is 7.11 Å². The molecular weight excluding hydrogens is 377 g/mol. The zero-order valence-electron chi connectivity index (χ0n) is 14.1. The highest BCUT2D eigenvalue weighted by Crippen LogP contribution is 2.27. The quantitative estimate of drug-likeness (QED) is 0.608. The Kier molecular flexibility index (Phi) is 5.44. The van der Waals surface area contributed by atoms with Crippen LogP contribution in [-0.4, -0.2) is 28.1 Å². The number of carbonyl (C=O) groups is 1. The van der Waals surface area contributed by atoms with Gasteiger partial charge in [0.05, 0.1) is 23.5 Å². The molecular formula is C18H15Cl2N3O3. The van der Waals surface area contributed by atoms with Crippen LogP contribution in [-0.2, 0) is 11.3 Å². The molecule has 8 heteroatoms. The number of aromatic nitrogens is 3. The summed E-state index contributed by atoms with van der Waals surface area (Å²) in [4.78, 5) is 12.3. The fraction of sp³-hybridized carbons (Fsp3) is 0.167. The van der Waals surface area contributed by atoms with E-state index in [2.05, 4.69) is 10.3 Å². The molecule has 0 radical (unpaired) electrons. The van der Waals surface area contributed by atoms with Crippen molar-refractivity contribution in [3.05, 3.63) is 69.5 Å². The third-order valence-corrected chi connectivity index (χ3v) is 4.45. The van der Waals surface area contributed by atoms with E-state index in [1.807, 2.05) is 12.1 Å². The van der Waals surface area contributed by atoms with Gasteiger partial charge in [-0.1, -0.05) is 46.6 Å². The number of benzene rings is 2. The minimum Gasteiger partial charge on any atom is -0.495 e. The van der Waals surface area contributed by atoms with Crippen LogP contribution in [0.1, 0.15) is 21.7 Å². The molecule has 0 aliphatic heterocycles. The summed E-state index contributed by atoms with van der Waals surface area (Å²) >= 11 is 12.2. The zero-order chi connectivity index (χ0) is 18.7. The molecule has 3 aromatic rings. The average molecular weight is 392 g/mol. The van der Waals surface area contributed by atoms with Crippen molar-refractivity contribution in [1.82, 2.24) is 15.0 Å². The first-order valence-corrected chi connectivity index (χ1v) is 8.43. The highest BCUT2D eigenvalue weighted by molar-refractivity contribution is 6.32. The van der Waals surface area contributed by atoms with Gasteiger partial charge in [-0.15, -0.1) is 5.10 Å². The van der Waals surface area contributed by atoms with Crippen LogP contribution in [0.5, 0.6) is 5.75 Å². The van der Waals surface area contributed by atoms with E-state index in [0.717, 1.165) is 5.56 Å². The number of esters is 1. The van der Waals surface area contributed by atoms with Crippen molar-refractivity contribution in [2.45, 2.75) is 13.5 Å². The van der Waals surface area contributed by atoms with E-state index >= 15 is 0 Å². The first kappa shape index (κ1) is 18.2. The van der Waals surface area contributed by atoms with E-state index in [9.17, 15) is 4.79 Å². The molecule has 0 fully saturated rings. The Balaban J connectivity index is 1.79.